The van der Waals surface area contributed by atoms with Crippen LogP contribution in [0.15, 0.2) is 48.5 Å². The van der Waals surface area contributed by atoms with Gasteiger partial charge < -0.3 is 0 Å². The minimum Gasteiger partial charge on any atom is -0.258 e. The van der Waals surface area contributed by atoms with Gasteiger partial charge in [0.05, 0.1) is 20.6 Å². The second kappa shape index (κ2) is 4.11. The van der Waals surface area contributed by atoms with Crippen LogP contribution in [0.5, 0.6) is 0 Å². The topological polar surface area (TPSA) is 86.3 Å². The highest BCUT2D eigenvalue weighted by atomic mass is 16.6. The molecule has 0 radical (unpaired) electrons. The lowest BCUT2D eigenvalue weighted by atomic mass is 9.92. The van der Waals surface area contributed by atoms with Crippen LogP contribution in [-0.4, -0.2) is 9.85 Å². The zero-order chi connectivity index (χ0) is 15.4. The third kappa shape index (κ3) is 1.43. The Balaban J connectivity index is 2.47. The zero-order valence-corrected chi connectivity index (χ0v) is 11.1. The summed E-state index contributed by atoms with van der Waals surface area (Å²) in [6.07, 6.45) is 0. The Morgan fingerprint density at radius 3 is 1.41 bits per heavy atom. The summed E-state index contributed by atoms with van der Waals surface area (Å²) >= 11 is 0. The van der Waals surface area contributed by atoms with E-state index in [4.69, 9.17) is 0 Å². The highest BCUT2D eigenvalue weighted by molar-refractivity contribution is 6.28. The van der Waals surface area contributed by atoms with Crippen LogP contribution in [0, 0.1) is 20.2 Å². The molecule has 0 amide bonds. The smallest absolute Gasteiger partial charge is 0.258 e. The molecule has 106 valence electrons. The lowest BCUT2D eigenvalue weighted by Crippen LogP contribution is -2.00. The van der Waals surface area contributed by atoms with Crippen molar-refractivity contribution in [3.8, 4) is 0 Å². The van der Waals surface area contributed by atoms with Crippen LogP contribution in [0.25, 0.3) is 32.3 Å². The maximum Gasteiger partial charge on any atom is 0.354 e. The molecular weight excluding hydrogens is 284 g/mol. The maximum absolute atomic E-state index is 11.5. The van der Waals surface area contributed by atoms with Crippen molar-refractivity contribution in [2.24, 2.45) is 0 Å². The van der Waals surface area contributed by atoms with E-state index in [0.29, 0.717) is 21.5 Å². The summed E-state index contributed by atoms with van der Waals surface area (Å²) in [5.74, 6) is 0. The Morgan fingerprint density at radius 2 is 1.05 bits per heavy atom. The monoisotopic (exact) mass is 292 g/mol. The van der Waals surface area contributed by atoms with Gasteiger partial charge in [-0.1, -0.05) is 36.4 Å². The summed E-state index contributed by atoms with van der Waals surface area (Å²) in [5.41, 5.74) is -0.886. The van der Waals surface area contributed by atoms with E-state index in [0.717, 1.165) is 10.8 Å². The maximum atomic E-state index is 11.5. The summed E-state index contributed by atoms with van der Waals surface area (Å²) in [6, 6.07) is 13.9. The normalized spacial score (nSPS) is 11.5. The first kappa shape index (κ1) is 12.5. The summed E-state index contributed by atoms with van der Waals surface area (Å²) in [5, 5.41) is 26.6. The Bertz CT molecular complexity index is 1000. The van der Waals surface area contributed by atoms with Crippen LogP contribution in [-0.2, 0) is 0 Å². The Morgan fingerprint density at radius 1 is 0.636 bits per heavy atom. The predicted octanol–water partition coefficient (Wildman–Crippen LogP) is 4.40. The number of rotatable bonds is 2. The van der Waals surface area contributed by atoms with Crippen molar-refractivity contribution in [3.63, 3.8) is 0 Å². The minimum absolute atomic E-state index is 0.304. The molecule has 0 atom stereocenters. The number of nitrogens with zero attached hydrogens (tertiary/aromatic N) is 2. The average molecular weight is 292 g/mol. The van der Waals surface area contributed by atoms with Gasteiger partial charge in [-0.3, -0.25) is 20.2 Å². The van der Waals surface area contributed by atoms with Crippen molar-refractivity contribution in [1.82, 2.24) is 0 Å². The van der Waals surface area contributed by atoms with Gasteiger partial charge in [0.1, 0.15) is 0 Å². The van der Waals surface area contributed by atoms with Crippen LogP contribution in [0.1, 0.15) is 0 Å². The summed E-state index contributed by atoms with van der Waals surface area (Å²) in [7, 11) is 0. The molecule has 0 spiro atoms. The van der Waals surface area contributed by atoms with E-state index in [2.05, 4.69) is 0 Å². The van der Waals surface area contributed by atoms with E-state index in [1.165, 1.54) is 0 Å². The molecule has 0 heterocycles. The van der Waals surface area contributed by atoms with Gasteiger partial charge in [0.15, 0.2) is 0 Å². The number of nitro benzene ring substituents is 2. The minimum atomic E-state index is -0.665. The van der Waals surface area contributed by atoms with Crippen molar-refractivity contribution in [2.75, 3.05) is 0 Å². The fourth-order valence-electron chi connectivity index (χ4n) is 3.18. The molecule has 0 aliphatic rings. The third-order valence-electron chi connectivity index (χ3n) is 3.99. The third-order valence-corrected chi connectivity index (χ3v) is 3.99. The van der Waals surface area contributed by atoms with Gasteiger partial charge in [-0.05, 0) is 22.9 Å². The molecule has 4 aromatic carbocycles. The van der Waals surface area contributed by atoms with E-state index in [1.54, 1.807) is 24.3 Å². The fraction of sp³-hybridized carbons (Fsp3) is 0. The molecule has 6 nitrogen and oxygen atoms in total. The van der Waals surface area contributed by atoms with Crippen molar-refractivity contribution in [1.29, 1.82) is 0 Å². The Hall–Kier alpha value is -3.28. The molecule has 0 fully saturated rings. The average Bonchev–Trinajstić information content (AvgIpc) is 2.51. The standard InChI is InChI=1S/C16H8N2O4/c19-17(20)15-11-5-1-3-9-7-8-10-4-2-6-12(14(10)13(9)11)16(15)18(21)22/h1-8H. The second-order valence-electron chi connectivity index (χ2n) is 5.08. The van der Waals surface area contributed by atoms with Crippen molar-refractivity contribution in [2.45, 2.75) is 0 Å². The SMILES string of the molecule is O=[N+]([O-])c1c([N+](=O)[O-])c2cccc3ccc4cccc1c4c32. The van der Waals surface area contributed by atoms with Crippen LogP contribution in [0.3, 0.4) is 0 Å². The first-order valence-corrected chi connectivity index (χ1v) is 6.58. The second-order valence-corrected chi connectivity index (χ2v) is 5.08. The van der Waals surface area contributed by atoms with Gasteiger partial charge >= 0.3 is 11.4 Å². The molecule has 0 unspecified atom stereocenters. The van der Waals surface area contributed by atoms with Crippen molar-refractivity contribution < 1.29 is 9.85 Å². The lowest BCUT2D eigenvalue weighted by molar-refractivity contribution is -0.420. The van der Waals surface area contributed by atoms with Crippen LogP contribution >= 0.6 is 0 Å². The quantitative estimate of drug-likeness (QED) is 0.311. The fourth-order valence-corrected chi connectivity index (χ4v) is 3.18. The largest absolute Gasteiger partial charge is 0.354 e. The Labute approximate surface area is 123 Å². The molecule has 0 bridgehead atoms. The van der Waals surface area contributed by atoms with Gasteiger partial charge in [0.25, 0.3) is 0 Å². The number of hydrogen-bond acceptors (Lipinski definition) is 4. The van der Waals surface area contributed by atoms with Crippen LogP contribution in [0.2, 0.25) is 0 Å². The molecule has 0 aromatic heterocycles. The highest BCUT2D eigenvalue weighted by Crippen LogP contribution is 2.46. The summed E-state index contributed by atoms with van der Waals surface area (Å²) in [4.78, 5) is 21.6. The molecule has 4 aromatic rings. The lowest BCUT2D eigenvalue weighted by Gasteiger charge is -2.11. The van der Waals surface area contributed by atoms with E-state index >= 15 is 0 Å². The van der Waals surface area contributed by atoms with Crippen molar-refractivity contribution >= 4 is 43.7 Å². The molecule has 0 saturated carbocycles. The summed E-state index contributed by atoms with van der Waals surface area (Å²) in [6.45, 7) is 0. The van der Waals surface area contributed by atoms with E-state index in [1.807, 2.05) is 24.3 Å². The highest BCUT2D eigenvalue weighted by Gasteiger charge is 2.32. The molecule has 0 aliphatic heterocycles. The number of hydrogen-bond donors (Lipinski definition) is 0. The van der Waals surface area contributed by atoms with E-state index in [-0.39, 0.29) is 0 Å². The van der Waals surface area contributed by atoms with Gasteiger partial charge in [-0.15, -0.1) is 0 Å². The molecular formula is C16H8N2O4. The van der Waals surface area contributed by atoms with Crippen LogP contribution in [0.4, 0.5) is 11.4 Å². The molecule has 22 heavy (non-hydrogen) atoms. The first-order chi connectivity index (χ1) is 10.6. The number of nitro groups is 2. The molecule has 6 heteroatoms. The van der Waals surface area contributed by atoms with E-state index in [9.17, 15) is 20.2 Å². The molecule has 0 aliphatic carbocycles. The first-order valence-electron chi connectivity index (χ1n) is 6.58. The van der Waals surface area contributed by atoms with Gasteiger partial charge in [-0.2, -0.15) is 0 Å². The van der Waals surface area contributed by atoms with Gasteiger partial charge in [0, 0.05) is 10.8 Å². The number of benzene rings is 4. The Kier molecular flexibility index (Phi) is 2.33. The van der Waals surface area contributed by atoms with Crippen molar-refractivity contribution in [3.05, 3.63) is 68.8 Å². The molecule has 0 saturated heterocycles. The van der Waals surface area contributed by atoms with Gasteiger partial charge in [-0.25, -0.2) is 0 Å². The molecule has 4 rings (SSSR count). The zero-order valence-electron chi connectivity index (χ0n) is 11.1. The van der Waals surface area contributed by atoms with Crippen LogP contribution < -0.4 is 0 Å². The predicted molar refractivity (Wildman–Crippen MR) is 83.5 cm³/mol. The molecule has 0 N–H and O–H groups in total. The summed E-state index contributed by atoms with van der Waals surface area (Å²) < 4.78 is 0. The van der Waals surface area contributed by atoms with Gasteiger partial charge in [0.2, 0.25) is 0 Å². The van der Waals surface area contributed by atoms with E-state index < -0.39 is 21.2 Å².